The van der Waals surface area contributed by atoms with Gasteiger partial charge >= 0.3 is 0 Å². The molecule has 0 saturated carbocycles. The number of halogens is 1. The van der Waals surface area contributed by atoms with E-state index in [4.69, 9.17) is 11.6 Å². The Labute approximate surface area is 108 Å². The summed E-state index contributed by atoms with van der Waals surface area (Å²) in [7, 11) is -2.89. The summed E-state index contributed by atoms with van der Waals surface area (Å²) in [5.41, 5.74) is 2.11. The molecule has 0 heterocycles. The number of rotatable bonds is 6. The highest BCUT2D eigenvalue weighted by atomic mass is 35.5. The first kappa shape index (κ1) is 14.5. The Kier molecular flexibility index (Phi) is 5.43. The van der Waals surface area contributed by atoms with Crippen molar-refractivity contribution in [3.63, 3.8) is 0 Å². The molecule has 0 aliphatic rings. The fraction of sp³-hybridized carbons (Fsp3) is 0.500. The molecule has 96 valence electrons. The maximum Gasteiger partial charge on any atom is 0.151 e. The summed E-state index contributed by atoms with van der Waals surface area (Å²) in [6.45, 7) is 4.70. The molecule has 0 amide bonds. The first-order chi connectivity index (χ1) is 7.94. The maximum atomic E-state index is 11.3. The maximum absolute atomic E-state index is 11.3. The van der Waals surface area contributed by atoms with Crippen LogP contribution in [0.1, 0.15) is 18.1 Å². The van der Waals surface area contributed by atoms with E-state index in [1.165, 1.54) is 0 Å². The van der Waals surface area contributed by atoms with Gasteiger partial charge in [-0.15, -0.1) is 0 Å². The Morgan fingerprint density at radius 2 is 2.06 bits per heavy atom. The van der Waals surface area contributed by atoms with E-state index in [2.05, 4.69) is 5.32 Å². The second kappa shape index (κ2) is 6.38. The van der Waals surface area contributed by atoms with Crippen molar-refractivity contribution in [1.29, 1.82) is 0 Å². The van der Waals surface area contributed by atoms with Gasteiger partial charge in [-0.3, -0.25) is 0 Å². The largest absolute Gasteiger partial charge is 0.312 e. The van der Waals surface area contributed by atoms with Crippen LogP contribution in [-0.4, -0.2) is 26.5 Å². The predicted molar refractivity (Wildman–Crippen MR) is 72.2 cm³/mol. The lowest BCUT2D eigenvalue weighted by molar-refractivity contribution is 0.592. The van der Waals surface area contributed by atoms with Crippen LogP contribution in [0.3, 0.4) is 0 Å². The van der Waals surface area contributed by atoms with E-state index in [1.807, 2.05) is 25.1 Å². The van der Waals surface area contributed by atoms with Gasteiger partial charge in [0.05, 0.1) is 5.75 Å². The van der Waals surface area contributed by atoms with Gasteiger partial charge in [-0.2, -0.15) is 0 Å². The molecule has 0 radical (unpaired) electrons. The molecule has 0 aliphatic carbocycles. The zero-order valence-corrected chi connectivity index (χ0v) is 11.7. The second-order valence-corrected chi connectivity index (χ2v) is 6.89. The molecule has 0 unspecified atom stereocenters. The van der Waals surface area contributed by atoms with Gasteiger partial charge in [-0.25, -0.2) is 8.42 Å². The van der Waals surface area contributed by atoms with Crippen LogP contribution in [0.15, 0.2) is 18.2 Å². The highest BCUT2D eigenvalue weighted by Crippen LogP contribution is 2.17. The van der Waals surface area contributed by atoms with Crippen molar-refractivity contribution in [1.82, 2.24) is 5.32 Å². The molecule has 5 heteroatoms. The second-order valence-electron chi connectivity index (χ2n) is 4.01. The quantitative estimate of drug-likeness (QED) is 0.810. The molecule has 0 saturated heterocycles. The summed E-state index contributed by atoms with van der Waals surface area (Å²) >= 11 is 6.07. The van der Waals surface area contributed by atoms with Crippen LogP contribution in [0, 0.1) is 6.92 Å². The number of aryl methyl sites for hydroxylation is 1. The van der Waals surface area contributed by atoms with Crippen LogP contribution in [-0.2, 0) is 16.4 Å². The van der Waals surface area contributed by atoms with Crippen molar-refractivity contribution < 1.29 is 8.42 Å². The summed E-state index contributed by atoms with van der Waals surface area (Å²) in [5, 5.41) is 3.81. The van der Waals surface area contributed by atoms with E-state index in [1.54, 1.807) is 6.92 Å². The summed E-state index contributed by atoms with van der Waals surface area (Å²) < 4.78 is 22.5. The van der Waals surface area contributed by atoms with Crippen LogP contribution in [0.25, 0.3) is 0 Å². The molecule has 1 N–H and O–H groups in total. The first-order valence-electron chi connectivity index (χ1n) is 5.61. The van der Waals surface area contributed by atoms with Gasteiger partial charge in [0, 0.05) is 23.9 Å². The fourth-order valence-electron chi connectivity index (χ4n) is 1.39. The van der Waals surface area contributed by atoms with Crippen LogP contribution in [0.4, 0.5) is 0 Å². The van der Waals surface area contributed by atoms with Gasteiger partial charge in [-0.05, 0) is 24.1 Å². The van der Waals surface area contributed by atoms with Gasteiger partial charge in [0.25, 0.3) is 0 Å². The van der Waals surface area contributed by atoms with Crippen molar-refractivity contribution >= 4 is 21.4 Å². The first-order valence-corrected chi connectivity index (χ1v) is 7.80. The molecule has 1 aromatic carbocycles. The Bertz CT molecular complexity index is 471. The number of sulfone groups is 1. The third-order valence-corrected chi connectivity index (χ3v) is 4.61. The van der Waals surface area contributed by atoms with E-state index < -0.39 is 9.84 Å². The van der Waals surface area contributed by atoms with Crippen molar-refractivity contribution in [2.24, 2.45) is 0 Å². The number of nitrogens with one attached hydrogen (secondary N) is 1. The molecule has 17 heavy (non-hydrogen) atoms. The molecule has 0 aromatic heterocycles. The summed E-state index contributed by atoms with van der Waals surface area (Å²) in [5.74, 6) is 0.368. The van der Waals surface area contributed by atoms with Crippen molar-refractivity contribution in [2.75, 3.05) is 18.1 Å². The summed E-state index contributed by atoms with van der Waals surface area (Å²) in [6.07, 6.45) is 0. The van der Waals surface area contributed by atoms with Gasteiger partial charge in [0.2, 0.25) is 0 Å². The number of hydrogen-bond acceptors (Lipinski definition) is 3. The topological polar surface area (TPSA) is 46.2 Å². The summed E-state index contributed by atoms with van der Waals surface area (Å²) in [6, 6.07) is 5.85. The molecule has 1 rings (SSSR count). The molecular formula is C12H18ClNO2S. The highest BCUT2D eigenvalue weighted by Gasteiger charge is 2.06. The Morgan fingerprint density at radius 3 is 2.65 bits per heavy atom. The molecular weight excluding hydrogens is 258 g/mol. The minimum Gasteiger partial charge on any atom is -0.312 e. The monoisotopic (exact) mass is 275 g/mol. The Balaban J connectivity index is 2.41. The van der Waals surface area contributed by atoms with E-state index in [9.17, 15) is 8.42 Å². The molecule has 0 bridgehead atoms. The molecule has 0 spiro atoms. The standard InChI is InChI=1S/C12H18ClNO2S/c1-3-17(15,16)7-6-14-9-11-5-4-10(2)8-12(11)13/h4-5,8,14H,3,6-7,9H2,1-2H3. The van der Waals surface area contributed by atoms with Crippen LogP contribution in [0.5, 0.6) is 0 Å². The lowest BCUT2D eigenvalue weighted by Crippen LogP contribution is -2.23. The van der Waals surface area contributed by atoms with Crippen molar-refractivity contribution in [3.05, 3.63) is 34.3 Å². The van der Waals surface area contributed by atoms with E-state index >= 15 is 0 Å². The number of benzene rings is 1. The lowest BCUT2D eigenvalue weighted by atomic mass is 10.1. The smallest absolute Gasteiger partial charge is 0.151 e. The Morgan fingerprint density at radius 1 is 1.35 bits per heavy atom. The van der Waals surface area contributed by atoms with Crippen molar-refractivity contribution in [2.45, 2.75) is 20.4 Å². The van der Waals surface area contributed by atoms with Crippen molar-refractivity contribution in [3.8, 4) is 0 Å². The molecule has 3 nitrogen and oxygen atoms in total. The molecule has 0 atom stereocenters. The van der Waals surface area contributed by atoms with E-state index in [0.717, 1.165) is 16.1 Å². The van der Waals surface area contributed by atoms with Gasteiger partial charge in [0.15, 0.2) is 9.84 Å². The van der Waals surface area contributed by atoms with Crippen LogP contribution < -0.4 is 5.32 Å². The summed E-state index contributed by atoms with van der Waals surface area (Å²) in [4.78, 5) is 0. The van der Waals surface area contributed by atoms with Crippen LogP contribution in [0.2, 0.25) is 5.02 Å². The van der Waals surface area contributed by atoms with Gasteiger partial charge < -0.3 is 5.32 Å². The Hall–Kier alpha value is -0.580. The SMILES string of the molecule is CCS(=O)(=O)CCNCc1ccc(C)cc1Cl. The highest BCUT2D eigenvalue weighted by molar-refractivity contribution is 7.91. The molecule has 0 fully saturated rings. The predicted octanol–water partition coefficient (Wildman–Crippen LogP) is 2.17. The third kappa shape index (κ3) is 5.06. The van der Waals surface area contributed by atoms with E-state index in [0.29, 0.717) is 13.1 Å². The zero-order chi connectivity index (χ0) is 12.9. The van der Waals surface area contributed by atoms with Gasteiger partial charge in [0.1, 0.15) is 0 Å². The normalized spacial score (nSPS) is 11.7. The number of hydrogen-bond donors (Lipinski definition) is 1. The average Bonchev–Trinajstić information content (AvgIpc) is 2.27. The molecule has 1 aromatic rings. The fourth-order valence-corrected chi connectivity index (χ4v) is 2.44. The van der Waals surface area contributed by atoms with Crippen LogP contribution >= 0.6 is 11.6 Å². The minimum atomic E-state index is -2.89. The lowest BCUT2D eigenvalue weighted by Gasteiger charge is -2.07. The average molecular weight is 276 g/mol. The molecule has 0 aliphatic heterocycles. The van der Waals surface area contributed by atoms with E-state index in [-0.39, 0.29) is 11.5 Å². The minimum absolute atomic E-state index is 0.174. The zero-order valence-electron chi connectivity index (χ0n) is 10.2. The van der Waals surface area contributed by atoms with Gasteiger partial charge in [-0.1, -0.05) is 30.7 Å². The third-order valence-electron chi connectivity index (χ3n) is 2.55.